The number of non-ortho nitro benzene ring substituents is 1. The van der Waals surface area contributed by atoms with E-state index in [0.29, 0.717) is 11.0 Å². The van der Waals surface area contributed by atoms with Gasteiger partial charge in [0.2, 0.25) is 0 Å². The molecule has 0 aromatic heterocycles. The van der Waals surface area contributed by atoms with Crippen LogP contribution in [0.3, 0.4) is 0 Å². The molecule has 5 rings (SSSR count). The van der Waals surface area contributed by atoms with Crippen LogP contribution in [0, 0.1) is 44.6 Å². The lowest BCUT2D eigenvalue weighted by Gasteiger charge is -2.57. The van der Waals surface area contributed by atoms with Crippen LogP contribution in [0.2, 0.25) is 0 Å². The monoisotopic (exact) mass is 311 g/mol. The summed E-state index contributed by atoms with van der Waals surface area (Å²) >= 11 is 0. The Labute approximate surface area is 135 Å². The van der Waals surface area contributed by atoms with Gasteiger partial charge < -0.3 is 5.32 Å². The fraction of sp³-hybridized carbons (Fsp3) is 0.611. The van der Waals surface area contributed by atoms with E-state index in [2.05, 4.69) is 11.4 Å². The summed E-state index contributed by atoms with van der Waals surface area (Å²) in [6.45, 7) is 0.892. The molecule has 120 valence electrons. The number of nitriles is 1. The van der Waals surface area contributed by atoms with Crippen LogP contribution in [-0.4, -0.2) is 11.5 Å². The lowest BCUT2D eigenvalue weighted by molar-refractivity contribution is -0.384. The third kappa shape index (κ3) is 2.56. The van der Waals surface area contributed by atoms with Gasteiger partial charge in [0.25, 0.3) is 5.69 Å². The predicted octanol–water partition coefficient (Wildman–Crippen LogP) is 4.09. The second-order valence-corrected chi connectivity index (χ2v) is 7.87. The van der Waals surface area contributed by atoms with Crippen molar-refractivity contribution >= 4 is 11.4 Å². The second kappa shape index (κ2) is 5.23. The van der Waals surface area contributed by atoms with E-state index >= 15 is 0 Å². The summed E-state index contributed by atoms with van der Waals surface area (Å²) in [5.41, 5.74) is 1.45. The number of benzene rings is 1. The van der Waals surface area contributed by atoms with Gasteiger partial charge in [-0.2, -0.15) is 5.26 Å². The van der Waals surface area contributed by atoms with Crippen molar-refractivity contribution in [2.75, 3.05) is 11.9 Å². The Hall–Kier alpha value is -2.09. The van der Waals surface area contributed by atoms with Gasteiger partial charge >= 0.3 is 0 Å². The molecule has 4 fully saturated rings. The quantitative estimate of drug-likeness (QED) is 0.671. The second-order valence-electron chi connectivity index (χ2n) is 7.87. The number of hydrogen-bond donors (Lipinski definition) is 1. The van der Waals surface area contributed by atoms with Crippen molar-refractivity contribution in [1.82, 2.24) is 0 Å². The lowest BCUT2D eigenvalue weighted by atomic mass is 9.49. The normalized spacial score (nSPS) is 34.1. The van der Waals surface area contributed by atoms with E-state index in [1.165, 1.54) is 50.7 Å². The van der Waals surface area contributed by atoms with Crippen molar-refractivity contribution in [2.24, 2.45) is 23.2 Å². The molecule has 0 amide bonds. The first-order valence-electron chi connectivity index (χ1n) is 8.49. The van der Waals surface area contributed by atoms with Gasteiger partial charge in [0, 0.05) is 18.7 Å². The zero-order chi connectivity index (χ0) is 16.0. The maximum Gasteiger partial charge on any atom is 0.270 e. The molecule has 5 heteroatoms. The highest BCUT2D eigenvalue weighted by molar-refractivity contribution is 5.61. The molecule has 1 aromatic carbocycles. The predicted molar refractivity (Wildman–Crippen MR) is 86.9 cm³/mol. The topological polar surface area (TPSA) is 79.0 Å². The Bertz CT molecular complexity index is 657. The molecule has 5 nitrogen and oxygen atoms in total. The number of nitrogens with one attached hydrogen (secondary N) is 1. The Kier molecular flexibility index (Phi) is 3.29. The molecule has 4 saturated carbocycles. The highest BCUT2D eigenvalue weighted by atomic mass is 16.6. The third-order valence-corrected chi connectivity index (χ3v) is 6.15. The smallest absolute Gasteiger partial charge is 0.270 e. The molecule has 0 radical (unpaired) electrons. The molecule has 1 N–H and O–H groups in total. The molecule has 23 heavy (non-hydrogen) atoms. The van der Waals surface area contributed by atoms with Crippen molar-refractivity contribution in [3.05, 3.63) is 33.9 Å². The van der Waals surface area contributed by atoms with Crippen molar-refractivity contribution in [1.29, 1.82) is 5.26 Å². The summed E-state index contributed by atoms with van der Waals surface area (Å²) in [5, 5.41) is 23.6. The Morgan fingerprint density at radius 1 is 1.22 bits per heavy atom. The molecular formula is C18H21N3O2. The van der Waals surface area contributed by atoms with E-state index in [-0.39, 0.29) is 5.69 Å². The van der Waals surface area contributed by atoms with Gasteiger partial charge in [0.1, 0.15) is 6.07 Å². The van der Waals surface area contributed by atoms with E-state index in [0.717, 1.165) is 30.0 Å². The minimum Gasteiger partial charge on any atom is -0.383 e. The molecule has 0 aliphatic heterocycles. The van der Waals surface area contributed by atoms with E-state index in [1.807, 2.05) is 0 Å². The fourth-order valence-electron chi connectivity index (χ4n) is 5.68. The maximum absolute atomic E-state index is 10.8. The van der Waals surface area contributed by atoms with Gasteiger partial charge in [-0.05, 0) is 67.8 Å². The number of nitro benzene ring substituents is 1. The number of nitro groups is 1. The summed E-state index contributed by atoms with van der Waals surface area (Å²) in [5.74, 6) is 2.70. The Morgan fingerprint density at radius 3 is 2.35 bits per heavy atom. The lowest BCUT2D eigenvalue weighted by Crippen LogP contribution is -2.49. The van der Waals surface area contributed by atoms with E-state index in [1.54, 1.807) is 6.07 Å². The van der Waals surface area contributed by atoms with Crippen molar-refractivity contribution in [3.63, 3.8) is 0 Å². The number of hydrogen-bond acceptors (Lipinski definition) is 4. The molecule has 0 spiro atoms. The standard InChI is InChI=1S/C18H21N3O2/c19-10-15-6-16(21(22)23)1-2-17(15)20-11-18-7-12-3-13(8-18)5-14(4-12)9-18/h1-2,6,12-14,20H,3-5,7-9,11H2. The molecule has 0 atom stereocenters. The molecule has 4 aliphatic rings. The van der Waals surface area contributed by atoms with Crippen LogP contribution in [0.1, 0.15) is 44.1 Å². The zero-order valence-electron chi connectivity index (χ0n) is 13.1. The molecule has 0 unspecified atom stereocenters. The van der Waals surface area contributed by atoms with Crippen LogP contribution >= 0.6 is 0 Å². The van der Waals surface area contributed by atoms with Crippen molar-refractivity contribution < 1.29 is 4.92 Å². The van der Waals surface area contributed by atoms with Crippen LogP contribution in [0.15, 0.2) is 18.2 Å². The van der Waals surface area contributed by atoms with Crippen LogP contribution in [-0.2, 0) is 0 Å². The number of rotatable bonds is 4. The van der Waals surface area contributed by atoms with Gasteiger partial charge in [-0.3, -0.25) is 10.1 Å². The highest BCUT2D eigenvalue weighted by Gasteiger charge is 2.50. The average molecular weight is 311 g/mol. The summed E-state index contributed by atoms with van der Waals surface area (Å²) in [6.07, 6.45) is 8.17. The van der Waals surface area contributed by atoms with Gasteiger partial charge in [-0.1, -0.05) is 0 Å². The van der Waals surface area contributed by atoms with E-state index in [4.69, 9.17) is 0 Å². The fourth-order valence-corrected chi connectivity index (χ4v) is 5.68. The first-order valence-corrected chi connectivity index (χ1v) is 8.49. The molecule has 0 heterocycles. The van der Waals surface area contributed by atoms with Gasteiger partial charge in [-0.15, -0.1) is 0 Å². The van der Waals surface area contributed by atoms with Crippen molar-refractivity contribution in [2.45, 2.75) is 38.5 Å². The van der Waals surface area contributed by atoms with Gasteiger partial charge in [-0.25, -0.2) is 0 Å². The molecule has 0 saturated heterocycles. The third-order valence-electron chi connectivity index (χ3n) is 6.15. The van der Waals surface area contributed by atoms with Gasteiger partial charge in [0.05, 0.1) is 16.2 Å². The molecule has 1 aromatic rings. The van der Waals surface area contributed by atoms with Crippen LogP contribution in [0.5, 0.6) is 0 Å². The van der Waals surface area contributed by atoms with E-state index < -0.39 is 4.92 Å². The maximum atomic E-state index is 10.8. The van der Waals surface area contributed by atoms with Gasteiger partial charge in [0.15, 0.2) is 0 Å². The minimum atomic E-state index is -0.455. The Morgan fingerprint density at radius 2 is 1.83 bits per heavy atom. The summed E-state index contributed by atoms with van der Waals surface area (Å²) in [6, 6.07) is 6.60. The largest absolute Gasteiger partial charge is 0.383 e. The van der Waals surface area contributed by atoms with Crippen molar-refractivity contribution in [3.8, 4) is 6.07 Å². The molecule has 4 aliphatic carbocycles. The zero-order valence-corrected chi connectivity index (χ0v) is 13.1. The molecule has 4 bridgehead atoms. The average Bonchev–Trinajstić information content (AvgIpc) is 2.51. The SMILES string of the molecule is N#Cc1cc([N+](=O)[O-])ccc1NCC12CC3CC(CC(C3)C1)C2. The molecular weight excluding hydrogens is 290 g/mol. The number of anilines is 1. The minimum absolute atomic E-state index is 0.0260. The van der Waals surface area contributed by atoms with Crippen LogP contribution in [0.4, 0.5) is 11.4 Å². The van der Waals surface area contributed by atoms with E-state index in [9.17, 15) is 15.4 Å². The first kappa shape index (κ1) is 14.5. The van der Waals surface area contributed by atoms with Crippen LogP contribution in [0.25, 0.3) is 0 Å². The first-order chi connectivity index (χ1) is 11.1. The summed E-state index contributed by atoms with van der Waals surface area (Å²) in [7, 11) is 0. The summed E-state index contributed by atoms with van der Waals surface area (Å²) < 4.78 is 0. The number of nitrogens with zero attached hydrogens (tertiary/aromatic N) is 2. The summed E-state index contributed by atoms with van der Waals surface area (Å²) in [4.78, 5) is 10.4. The van der Waals surface area contributed by atoms with Crippen LogP contribution < -0.4 is 5.32 Å². The Balaban J connectivity index is 1.51. The highest BCUT2D eigenvalue weighted by Crippen LogP contribution is 2.59.